The number of aromatic nitrogens is 2. The van der Waals surface area contributed by atoms with Gasteiger partial charge in [-0.05, 0) is 18.1 Å². The maximum absolute atomic E-state index is 13.1. The van der Waals surface area contributed by atoms with Gasteiger partial charge in [0.1, 0.15) is 29.9 Å². The molecule has 2 aromatic rings. The average molecular weight is 562 g/mol. The van der Waals surface area contributed by atoms with Gasteiger partial charge in [-0.15, -0.1) is 34.4 Å². The number of carbonyl (C=O) groups excluding carboxylic acids is 2. The summed E-state index contributed by atoms with van der Waals surface area (Å²) in [5.74, 6) is -1.94. The van der Waals surface area contributed by atoms with Gasteiger partial charge in [0, 0.05) is 23.9 Å². The van der Waals surface area contributed by atoms with Crippen LogP contribution in [-0.4, -0.2) is 79.2 Å². The second-order valence-electron chi connectivity index (χ2n) is 8.30. The van der Waals surface area contributed by atoms with E-state index in [4.69, 9.17) is 10.6 Å². The fourth-order valence-electron chi connectivity index (χ4n) is 4.29. The molecule has 1 fully saturated rings. The number of β-lactam (4-membered cyclic amide) rings is 1. The van der Waals surface area contributed by atoms with Gasteiger partial charge in [0.2, 0.25) is 0 Å². The number of hydrogen-bond acceptors (Lipinski definition) is 12. The standard InChI is InChI=1S/C22H23N7O5S3/c1-3-14-24-11-7-28(5-4-13(11)37-14)6-10-8-35-20-16(19(31)29(20)17(10)21(32)33)26-18(30)15(27-34-2)12-9-36-22(23)25-12/h4-5,9,16,20H,3,6-8H2,1-2H3,(H2,23,25)(H,26,30)(H,32,33)/b27-15-/t16?,20-/m1/s1. The second kappa shape index (κ2) is 10.1. The average Bonchev–Trinajstić information content (AvgIpc) is 3.50. The Hall–Kier alpha value is -3.43. The molecule has 3 aliphatic heterocycles. The predicted molar refractivity (Wildman–Crippen MR) is 141 cm³/mol. The summed E-state index contributed by atoms with van der Waals surface area (Å²) in [6, 6.07) is -0.911. The Kier molecular flexibility index (Phi) is 6.92. The first-order valence-corrected chi connectivity index (χ1v) is 14.0. The number of thioether (sulfide) groups is 1. The SMILES string of the molecule is CCc1nc2c(s1)C=CN(CC1=C(C(=O)O)N3C(=O)C(NC(=O)/C(=N\OC)c4csc(N)n4)[C@H]3SC1)C2. The number of anilines is 1. The number of carboxylic acid groups (broad SMARTS) is 1. The fourth-order valence-corrected chi connectivity index (χ4v) is 7.08. The van der Waals surface area contributed by atoms with Crippen LogP contribution >= 0.6 is 34.4 Å². The van der Waals surface area contributed by atoms with E-state index in [9.17, 15) is 19.5 Å². The van der Waals surface area contributed by atoms with E-state index >= 15 is 0 Å². The molecule has 2 amide bonds. The van der Waals surface area contributed by atoms with Crippen molar-refractivity contribution in [2.45, 2.75) is 31.3 Å². The van der Waals surface area contributed by atoms with Gasteiger partial charge < -0.3 is 25.9 Å². The second-order valence-corrected chi connectivity index (χ2v) is 11.4. The number of oxime groups is 1. The van der Waals surface area contributed by atoms with Crippen LogP contribution in [0.5, 0.6) is 0 Å². The lowest BCUT2D eigenvalue weighted by atomic mass is 10.0. The van der Waals surface area contributed by atoms with Crippen LogP contribution in [0, 0.1) is 0 Å². The molecule has 12 nitrogen and oxygen atoms in total. The van der Waals surface area contributed by atoms with Crippen LogP contribution < -0.4 is 11.1 Å². The number of rotatable bonds is 8. The van der Waals surface area contributed by atoms with E-state index in [0.29, 0.717) is 24.4 Å². The number of aliphatic carboxylic acids is 1. The van der Waals surface area contributed by atoms with Crippen molar-refractivity contribution in [1.82, 2.24) is 25.1 Å². The zero-order chi connectivity index (χ0) is 26.3. The lowest BCUT2D eigenvalue weighted by molar-refractivity contribution is -0.150. The van der Waals surface area contributed by atoms with Crippen LogP contribution in [0.4, 0.5) is 5.13 Å². The van der Waals surface area contributed by atoms with Crippen LogP contribution in [0.2, 0.25) is 0 Å². The monoisotopic (exact) mass is 561 g/mol. The Labute approximate surface area is 223 Å². The third-order valence-electron chi connectivity index (χ3n) is 5.96. The number of fused-ring (bicyclic) bond motifs is 2. The first kappa shape index (κ1) is 25.2. The van der Waals surface area contributed by atoms with Gasteiger partial charge in [-0.1, -0.05) is 12.1 Å². The van der Waals surface area contributed by atoms with E-state index in [2.05, 4.69) is 27.4 Å². The molecule has 5 rings (SSSR count). The fraction of sp³-hybridized carbons (Fsp3) is 0.364. The number of amides is 2. The van der Waals surface area contributed by atoms with E-state index in [1.807, 2.05) is 17.2 Å². The van der Waals surface area contributed by atoms with E-state index in [1.54, 1.807) is 16.7 Å². The molecule has 0 spiro atoms. The molecule has 0 aliphatic carbocycles. The molecule has 4 N–H and O–H groups in total. The number of nitrogen functional groups attached to an aromatic ring is 1. The van der Waals surface area contributed by atoms with Crippen molar-refractivity contribution in [3.05, 3.63) is 44.1 Å². The third-order valence-corrected chi connectivity index (χ3v) is 9.18. The van der Waals surface area contributed by atoms with Gasteiger partial charge in [0.15, 0.2) is 10.8 Å². The highest BCUT2D eigenvalue weighted by Gasteiger charge is 2.54. The normalized spacial score (nSPS) is 20.9. The quantitative estimate of drug-likeness (QED) is 0.243. The van der Waals surface area contributed by atoms with Gasteiger partial charge in [-0.25, -0.2) is 14.8 Å². The smallest absolute Gasteiger partial charge is 0.352 e. The highest BCUT2D eigenvalue weighted by atomic mass is 32.2. The summed E-state index contributed by atoms with van der Waals surface area (Å²) in [6.07, 6.45) is 4.79. The topological polar surface area (TPSA) is 163 Å². The van der Waals surface area contributed by atoms with Crippen LogP contribution in [0.25, 0.3) is 6.08 Å². The minimum Gasteiger partial charge on any atom is -0.477 e. The number of thiazole rings is 2. The third kappa shape index (κ3) is 4.69. The summed E-state index contributed by atoms with van der Waals surface area (Å²) in [6.45, 7) is 2.99. The largest absolute Gasteiger partial charge is 0.477 e. The summed E-state index contributed by atoms with van der Waals surface area (Å²) >= 11 is 4.20. The molecule has 3 aliphatic rings. The van der Waals surface area contributed by atoms with Gasteiger partial charge in [0.05, 0.1) is 22.1 Å². The molecule has 0 radical (unpaired) electrons. The lowest BCUT2D eigenvalue weighted by Gasteiger charge is -2.49. The summed E-state index contributed by atoms with van der Waals surface area (Å²) < 4.78 is 0. The maximum atomic E-state index is 13.1. The van der Waals surface area contributed by atoms with Crippen LogP contribution in [0.15, 0.2) is 28.0 Å². The number of nitrogens with two attached hydrogens (primary N) is 1. The zero-order valence-corrected chi connectivity index (χ0v) is 22.3. The van der Waals surface area contributed by atoms with Crippen molar-refractivity contribution in [2.24, 2.45) is 5.16 Å². The number of carboxylic acids is 1. The Morgan fingerprint density at radius 3 is 2.86 bits per heavy atom. The van der Waals surface area contributed by atoms with E-state index in [0.717, 1.165) is 33.3 Å². The number of carbonyl (C=O) groups is 3. The molecule has 1 saturated heterocycles. The first-order valence-electron chi connectivity index (χ1n) is 11.2. The summed E-state index contributed by atoms with van der Waals surface area (Å²) in [7, 11) is 1.29. The number of nitrogens with one attached hydrogen (secondary N) is 1. The van der Waals surface area contributed by atoms with Gasteiger partial charge in [0.25, 0.3) is 11.8 Å². The molecule has 0 bridgehead atoms. The first-order chi connectivity index (χ1) is 17.8. The number of aryl methyl sites for hydroxylation is 1. The van der Waals surface area contributed by atoms with Crippen LogP contribution in [0.1, 0.15) is 28.2 Å². The Morgan fingerprint density at radius 2 is 2.19 bits per heavy atom. The van der Waals surface area contributed by atoms with E-state index in [1.165, 1.54) is 23.8 Å². The number of nitrogens with zero attached hydrogens (tertiary/aromatic N) is 5. The minimum absolute atomic E-state index is 0.0379. The summed E-state index contributed by atoms with van der Waals surface area (Å²) in [4.78, 5) is 56.1. The highest BCUT2D eigenvalue weighted by molar-refractivity contribution is 8.00. The van der Waals surface area contributed by atoms with Crippen molar-refractivity contribution in [2.75, 3.05) is 25.1 Å². The Bertz CT molecular complexity index is 1360. The molecule has 1 unspecified atom stereocenters. The molecule has 37 heavy (non-hydrogen) atoms. The molecule has 194 valence electrons. The van der Waals surface area contributed by atoms with Crippen LogP contribution in [-0.2, 0) is 32.2 Å². The summed E-state index contributed by atoms with van der Waals surface area (Å²) in [5, 5.41) is 18.7. The molecule has 2 aromatic heterocycles. The zero-order valence-electron chi connectivity index (χ0n) is 19.8. The maximum Gasteiger partial charge on any atom is 0.352 e. The van der Waals surface area contributed by atoms with Gasteiger partial charge in [-0.2, -0.15) is 0 Å². The molecular weight excluding hydrogens is 538 g/mol. The van der Waals surface area contributed by atoms with Crippen molar-refractivity contribution in [3.8, 4) is 0 Å². The predicted octanol–water partition coefficient (Wildman–Crippen LogP) is 1.32. The number of hydrogen-bond donors (Lipinski definition) is 3. The Balaban J connectivity index is 1.31. The van der Waals surface area contributed by atoms with Gasteiger partial charge in [-0.3, -0.25) is 14.5 Å². The molecular formula is C22H23N7O5S3. The van der Waals surface area contributed by atoms with Crippen LogP contribution in [0.3, 0.4) is 0 Å². The molecule has 0 aromatic carbocycles. The molecule has 0 saturated carbocycles. The van der Waals surface area contributed by atoms with Crippen molar-refractivity contribution < 1.29 is 24.3 Å². The van der Waals surface area contributed by atoms with E-state index in [-0.39, 0.29) is 22.2 Å². The summed E-state index contributed by atoms with van der Waals surface area (Å²) in [5.41, 5.74) is 7.32. The lowest BCUT2D eigenvalue weighted by Crippen LogP contribution is -2.71. The highest BCUT2D eigenvalue weighted by Crippen LogP contribution is 2.41. The van der Waals surface area contributed by atoms with Crippen molar-refractivity contribution >= 4 is 69.1 Å². The van der Waals surface area contributed by atoms with E-state index < -0.39 is 29.2 Å². The minimum atomic E-state index is -1.18. The molecule has 5 heterocycles. The molecule has 2 atom stereocenters. The molecule has 15 heteroatoms. The van der Waals surface area contributed by atoms with Crippen molar-refractivity contribution in [3.63, 3.8) is 0 Å². The van der Waals surface area contributed by atoms with Gasteiger partial charge >= 0.3 is 5.97 Å². The Morgan fingerprint density at radius 1 is 1.38 bits per heavy atom. The van der Waals surface area contributed by atoms with Crippen molar-refractivity contribution in [1.29, 1.82) is 0 Å².